The molecular formula is C15H29N3. The van der Waals surface area contributed by atoms with E-state index in [1.54, 1.807) is 0 Å². The van der Waals surface area contributed by atoms with Crippen molar-refractivity contribution in [3.05, 3.63) is 18.0 Å². The summed E-state index contributed by atoms with van der Waals surface area (Å²) in [5.74, 6) is 1.43. The van der Waals surface area contributed by atoms with Gasteiger partial charge in [0, 0.05) is 12.2 Å². The molecule has 1 atom stereocenters. The van der Waals surface area contributed by atoms with Crippen molar-refractivity contribution in [1.29, 1.82) is 0 Å². The number of aromatic nitrogens is 2. The van der Waals surface area contributed by atoms with Gasteiger partial charge in [0.2, 0.25) is 0 Å². The minimum absolute atomic E-state index is 0.460. The van der Waals surface area contributed by atoms with E-state index >= 15 is 0 Å². The fourth-order valence-corrected chi connectivity index (χ4v) is 1.97. The molecule has 104 valence electrons. The maximum absolute atomic E-state index is 4.60. The zero-order valence-electron chi connectivity index (χ0n) is 12.6. The summed E-state index contributed by atoms with van der Waals surface area (Å²) in [5, 5.41) is 8.10. The summed E-state index contributed by atoms with van der Waals surface area (Å²) in [4.78, 5) is 0. The molecule has 0 bridgehead atoms. The minimum atomic E-state index is 0.460. The molecule has 0 saturated heterocycles. The standard InChI is InChI=1S/C15H29N3/c1-12(2)11-16-8-6-14(5)10-15-7-9-18(17-15)13(3)4/h7,9,12-14,16H,6,8,10-11H2,1-5H3. The van der Waals surface area contributed by atoms with Gasteiger partial charge in [-0.2, -0.15) is 5.10 Å². The predicted octanol–water partition coefficient (Wildman–Crippen LogP) is 3.28. The number of rotatable bonds is 8. The summed E-state index contributed by atoms with van der Waals surface area (Å²) < 4.78 is 2.04. The Morgan fingerprint density at radius 1 is 1.22 bits per heavy atom. The third-order valence-electron chi connectivity index (χ3n) is 3.12. The molecule has 1 aromatic rings. The topological polar surface area (TPSA) is 29.9 Å². The lowest BCUT2D eigenvalue weighted by Gasteiger charge is -2.12. The van der Waals surface area contributed by atoms with Gasteiger partial charge in [-0.05, 0) is 57.7 Å². The van der Waals surface area contributed by atoms with E-state index in [1.165, 1.54) is 12.1 Å². The number of hydrogen-bond acceptors (Lipinski definition) is 2. The third kappa shape index (κ3) is 5.67. The molecule has 0 radical (unpaired) electrons. The fraction of sp³-hybridized carbons (Fsp3) is 0.800. The first kappa shape index (κ1) is 15.2. The summed E-state index contributed by atoms with van der Waals surface area (Å²) in [6.45, 7) is 13.4. The van der Waals surface area contributed by atoms with E-state index in [0.717, 1.165) is 25.4 Å². The summed E-state index contributed by atoms with van der Waals surface area (Å²) >= 11 is 0. The van der Waals surface area contributed by atoms with Gasteiger partial charge in [0.25, 0.3) is 0 Å². The molecule has 18 heavy (non-hydrogen) atoms. The van der Waals surface area contributed by atoms with Crippen molar-refractivity contribution < 1.29 is 0 Å². The Morgan fingerprint density at radius 3 is 2.50 bits per heavy atom. The van der Waals surface area contributed by atoms with Crippen LogP contribution in [0.4, 0.5) is 0 Å². The van der Waals surface area contributed by atoms with Crippen molar-refractivity contribution in [3.63, 3.8) is 0 Å². The summed E-state index contributed by atoms with van der Waals surface area (Å²) in [5.41, 5.74) is 1.22. The molecule has 0 aliphatic rings. The monoisotopic (exact) mass is 251 g/mol. The Morgan fingerprint density at radius 2 is 1.94 bits per heavy atom. The molecule has 1 heterocycles. The van der Waals surface area contributed by atoms with Crippen molar-refractivity contribution in [2.75, 3.05) is 13.1 Å². The van der Waals surface area contributed by atoms with Gasteiger partial charge in [-0.1, -0.05) is 20.8 Å². The molecule has 3 heteroatoms. The quantitative estimate of drug-likeness (QED) is 0.719. The summed E-state index contributed by atoms with van der Waals surface area (Å²) in [7, 11) is 0. The normalized spacial score (nSPS) is 13.5. The van der Waals surface area contributed by atoms with Crippen molar-refractivity contribution in [1.82, 2.24) is 15.1 Å². The highest BCUT2D eigenvalue weighted by molar-refractivity contribution is 5.00. The second-order valence-electron chi connectivity index (χ2n) is 6.08. The van der Waals surface area contributed by atoms with Crippen LogP contribution in [0.15, 0.2) is 12.3 Å². The van der Waals surface area contributed by atoms with Crippen LogP contribution < -0.4 is 5.32 Å². The molecule has 1 N–H and O–H groups in total. The second kappa shape index (κ2) is 7.57. The van der Waals surface area contributed by atoms with Crippen LogP contribution in [0.25, 0.3) is 0 Å². The Labute approximate surface area is 112 Å². The van der Waals surface area contributed by atoms with E-state index in [-0.39, 0.29) is 0 Å². The maximum atomic E-state index is 4.60. The van der Waals surface area contributed by atoms with Crippen LogP contribution in [0, 0.1) is 11.8 Å². The van der Waals surface area contributed by atoms with Crippen LogP contribution in [-0.2, 0) is 6.42 Å². The lowest BCUT2D eigenvalue weighted by molar-refractivity contribution is 0.464. The van der Waals surface area contributed by atoms with E-state index in [0.29, 0.717) is 12.0 Å². The van der Waals surface area contributed by atoms with Crippen LogP contribution >= 0.6 is 0 Å². The predicted molar refractivity (Wildman–Crippen MR) is 77.8 cm³/mol. The molecule has 0 saturated carbocycles. The molecule has 0 fully saturated rings. The first-order valence-corrected chi connectivity index (χ1v) is 7.23. The van der Waals surface area contributed by atoms with Crippen molar-refractivity contribution >= 4 is 0 Å². The highest BCUT2D eigenvalue weighted by Gasteiger charge is 2.07. The van der Waals surface area contributed by atoms with Gasteiger partial charge in [-0.15, -0.1) is 0 Å². The SMILES string of the molecule is CC(C)CNCCC(C)Cc1ccn(C(C)C)n1. The van der Waals surface area contributed by atoms with Crippen molar-refractivity contribution in [2.24, 2.45) is 11.8 Å². The van der Waals surface area contributed by atoms with Crippen LogP contribution in [0.2, 0.25) is 0 Å². The van der Waals surface area contributed by atoms with E-state index in [1.807, 2.05) is 4.68 Å². The van der Waals surface area contributed by atoms with Crippen LogP contribution in [-0.4, -0.2) is 22.9 Å². The number of nitrogens with zero attached hydrogens (tertiary/aromatic N) is 2. The Hall–Kier alpha value is -0.830. The highest BCUT2D eigenvalue weighted by Crippen LogP contribution is 2.11. The Kier molecular flexibility index (Phi) is 6.41. The van der Waals surface area contributed by atoms with E-state index < -0.39 is 0 Å². The van der Waals surface area contributed by atoms with Crippen molar-refractivity contribution in [2.45, 2.75) is 53.5 Å². The van der Waals surface area contributed by atoms with Crippen LogP contribution in [0.1, 0.15) is 52.8 Å². The Bertz CT molecular complexity index is 328. The molecule has 1 unspecified atom stereocenters. The van der Waals surface area contributed by atoms with Gasteiger partial charge in [0.05, 0.1) is 5.69 Å². The van der Waals surface area contributed by atoms with Gasteiger partial charge >= 0.3 is 0 Å². The minimum Gasteiger partial charge on any atom is -0.316 e. The molecule has 1 rings (SSSR count). The largest absolute Gasteiger partial charge is 0.316 e. The lowest BCUT2D eigenvalue weighted by Crippen LogP contribution is -2.22. The van der Waals surface area contributed by atoms with E-state index in [2.05, 4.69) is 57.3 Å². The van der Waals surface area contributed by atoms with Crippen molar-refractivity contribution in [3.8, 4) is 0 Å². The zero-order valence-corrected chi connectivity index (χ0v) is 12.6. The van der Waals surface area contributed by atoms with E-state index in [4.69, 9.17) is 0 Å². The van der Waals surface area contributed by atoms with Gasteiger partial charge in [-0.25, -0.2) is 0 Å². The van der Waals surface area contributed by atoms with Gasteiger partial charge < -0.3 is 5.32 Å². The highest BCUT2D eigenvalue weighted by atomic mass is 15.3. The third-order valence-corrected chi connectivity index (χ3v) is 3.12. The Balaban J connectivity index is 2.24. The molecule has 0 aliphatic carbocycles. The van der Waals surface area contributed by atoms with Gasteiger partial charge in [0.1, 0.15) is 0 Å². The maximum Gasteiger partial charge on any atom is 0.0627 e. The number of nitrogens with one attached hydrogen (secondary N) is 1. The van der Waals surface area contributed by atoms with Crippen LogP contribution in [0.3, 0.4) is 0 Å². The molecule has 1 aromatic heterocycles. The lowest BCUT2D eigenvalue weighted by atomic mass is 10.0. The molecule has 3 nitrogen and oxygen atoms in total. The molecule has 0 aromatic carbocycles. The average Bonchev–Trinajstić information content (AvgIpc) is 2.72. The molecular weight excluding hydrogens is 222 g/mol. The smallest absolute Gasteiger partial charge is 0.0627 e. The fourth-order valence-electron chi connectivity index (χ4n) is 1.97. The van der Waals surface area contributed by atoms with Gasteiger partial charge in [0.15, 0.2) is 0 Å². The first-order valence-electron chi connectivity index (χ1n) is 7.23. The number of hydrogen-bond donors (Lipinski definition) is 1. The average molecular weight is 251 g/mol. The summed E-state index contributed by atoms with van der Waals surface area (Å²) in [6, 6.07) is 2.61. The molecule has 0 amide bonds. The van der Waals surface area contributed by atoms with E-state index in [9.17, 15) is 0 Å². The molecule has 0 spiro atoms. The van der Waals surface area contributed by atoms with Crippen LogP contribution in [0.5, 0.6) is 0 Å². The first-order chi connectivity index (χ1) is 8.49. The summed E-state index contributed by atoms with van der Waals surface area (Å²) in [6.07, 6.45) is 4.40. The molecule has 0 aliphatic heterocycles. The zero-order chi connectivity index (χ0) is 13.5. The second-order valence-corrected chi connectivity index (χ2v) is 6.08. The van der Waals surface area contributed by atoms with Gasteiger partial charge in [-0.3, -0.25) is 4.68 Å².